The van der Waals surface area contributed by atoms with Crippen LogP contribution in [-0.4, -0.2) is 52.0 Å². The lowest BCUT2D eigenvalue weighted by Gasteiger charge is -2.22. The molecule has 0 aliphatic carbocycles. The number of nitrogens with one attached hydrogen (secondary N) is 2. The number of rotatable bonds is 3. The monoisotopic (exact) mass is 456 g/mol. The van der Waals surface area contributed by atoms with Gasteiger partial charge < -0.3 is 37.1 Å². The molecule has 11 heteroatoms. The van der Waals surface area contributed by atoms with Crippen molar-refractivity contribution in [1.82, 2.24) is 10.6 Å². The Labute approximate surface area is 188 Å². The van der Waals surface area contributed by atoms with Gasteiger partial charge in [0.2, 0.25) is 17.7 Å². The molecule has 4 rings (SSSR count). The Hall–Kier alpha value is -4.12. The molecule has 0 saturated heterocycles. The second-order valence-electron chi connectivity index (χ2n) is 7.69. The van der Waals surface area contributed by atoms with Crippen molar-refractivity contribution in [1.29, 1.82) is 0 Å². The van der Waals surface area contributed by atoms with E-state index >= 15 is 0 Å². The van der Waals surface area contributed by atoms with Gasteiger partial charge in [0, 0.05) is 6.42 Å². The third kappa shape index (κ3) is 6.20. The number of ether oxygens (including phenoxy) is 1. The van der Waals surface area contributed by atoms with Gasteiger partial charge in [-0.15, -0.1) is 0 Å². The maximum Gasteiger partial charge on any atom is 0.326 e. The van der Waals surface area contributed by atoms with E-state index in [2.05, 4.69) is 10.6 Å². The normalized spacial score (nSPS) is 21.3. The minimum atomic E-state index is -1.40. The minimum Gasteiger partial charge on any atom is -0.504 e. The van der Waals surface area contributed by atoms with Gasteiger partial charge in [-0.1, -0.05) is 18.2 Å². The second-order valence-corrected chi connectivity index (χ2v) is 7.69. The molecule has 0 aromatic heterocycles. The van der Waals surface area contributed by atoms with Gasteiger partial charge in [0.25, 0.3) is 0 Å². The quantitative estimate of drug-likeness (QED) is 0.357. The molecule has 4 bridgehead atoms. The Balaban J connectivity index is 1.99. The number of phenolic OH excluding ortho intramolecular Hbond substituents is 1. The Bertz CT molecular complexity index is 1070. The SMILES string of the molecule is NC(=O)C[C@H]1NC(=O)[C@H](N)Cc2ccc(O)c(c2)Oc2ccc(cc2)C[C@@H](C(=O)O)NC1=O. The van der Waals surface area contributed by atoms with Crippen LogP contribution in [0.3, 0.4) is 0 Å². The Kier molecular flexibility index (Phi) is 7.13. The van der Waals surface area contributed by atoms with E-state index in [1.165, 1.54) is 12.1 Å². The third-order valence-electron chi connectivity index (χ3n) is 5.06. The molecule has 0 radical (unpaired) electrons. The topological polar surface area (TPSA) is 194 Å². The number of hydrogen-bond acceptors (Lipinski definition) is 7. The number of phenols is 1. The van der Waals surface area contributed by atoms with Crippen molar-refractivity contribution in [2.45, 2.75) is 37.4 Å². The molecule has 8 N–H and O–H groups in total. The number of carboxylic acids is 1. The predicted molar refractivity (Wildman–Crippen MR) is 115 cm³/mol. The van der Waals surface area contributed by atoms with Gasteiger partial charge in [0.1, 0.15) is 17.8 Å². The van der Waals surface area contributed by atoms with Crippen LogP contribution in [-0.2, 0) is 32.0 Å². The number of benzene rings is 2. The summed E-state index contributed by atoms with van der Waals surface area (Å²) in [4.78, 5) is 48.5. The number of carboxylic acid groups (broad SMARTS) is 1. The molecule has 0 fully saturated rings. The summed E-state index contributed by atoms with van der Waals surface area (Å²) in [5.74, 6) is -3.38. The predicted octanol–water partition coefficient (Wildman–Crippen LogP) is -0.460. The van der Waals surface area contributed by atoms with Crippen LogP contribution in [0, 0.1) is 0 Å². The van der Waals surface area contributed by atoms with Crippen LogP contribution < -0.4 is 26.8 Å². The lowest BCUT2D eigenvalue weighted by Crippen LogP contribution is -2.56. The first kappa shape index (κ1) is 23.5. The fourth-order valence-corrected chi connectivity index (χ4v) is 3.33. The summed E-state index contributed by atoms with van der Waals surface area (Å²) in [6, 6.07) is 7.07. The van der Waals surface area contributed by atoms with Gasteiger partial charge in [0.15, 0.2) is 11.5 Å². The summed E-state index contributed by atoms with van der Waals surface area (Å²) >= 11 is 0. The fourth-order valence-electron chi connectivity index (χ4n) is 3.33. The first-order chi connectivity index (χ1) is 15.6. The van der Waals surface area contributed by atoms with E-state index in [0.717, 1.165) is 0 Å². The first-order valence-electron chi connectivity index (χ1n) is 10.1. The molecule has 2 aromatic rings. The molecular formula is C22H24N4O7. The molecule has 2 aliphatic heterocycles. The number of carbonyl (C=O) groups excluding carboxylic acids is 3. The van der Waals surface area contributed by atoms with Crippen LogP contribution in [0.4, 0.5) is 0 Å². The molecule has 3 amide bonds. The van der Waals surface area contributed by atoms with Crippen molar-refractivity contribution in [3.05, 3.63) is 53.6 Å². The molecule has 3 atom stereocenters. The van der Waals surface area contributed by atoms with Crippen LogP contribution in [0.1, 0.15) is 17.5 Å². The zero-order valence-electron chi connectivity index (χ0n) is 17.5. The van der Waals surface area contributed by atoms with E-state index in [4.69, 9.17) is 16.2 Å². The Morgan fingerprint density at radius 1 is 1.00 bits per heavy atom. The number of aromatic hydroxyl groups is 1. The number of aliphatic carboxylic acids is 1. The molecular weight excluding hydrogens is 432 g/mol. The summed E-state index contributed by atoms with van der Waals surface area (Å²) in [6.07, 6.45) is -0.578. The molecule has 2 aromatic carbocycles. The van der Waals surface area contributed by atoms with Crippen molar-refractivity contribution in [2.24, 2.45) is 11.5 Å². The van der Waals surface area contributed by atoms with Crippen molar-refractivity contribution in [2.75, 3.05) is 0 Å². The van der Waals surface area contributed by atoms with Crippen LogP contribution in [0.15, 0.2) is 42.5 Å². The molecule has 0 unspecified atom stereocenters. The van der Waals surface area contributed by atoms with Gasteiger partial charge >= 0.3 is 5.97 Å². The van der Waals surface area contributed by atoms with Gasteiger partial charge in [-0.05, 0) is 41.8 Å². The average Bonchev–Trinajstić information content (AvgIpc) is 2.75. The van der Waals surface area contributed by atoms with E-state index in [1.807, 2.05) is 0 Å². The van der Waals surface area contributed by atoms with E-state index in [1.54, 1.807) is 30.3 Å². The number of nitrogens with two attached hydrogens (primary N) is 2. The van der Waals surface area contributed by atoms with Crippen LogP contribution in [0.5, 0.6) is 17.2 Å². The Morgan fingerprint density at radius 3 is 2.30 bits per heavy atom. The van der Waals surface area contributed by atoms with Gasteiger partial charge in [-0.3, -0.25) is 14.4 Å². The third-order valence-corrected chi connectivity index (χ3v) is 5.06. The number of hydrogen-bond donors (Lipinski definition) is 6. The van der Waals surface area contributed by atoms with E-state index in [-0.39, 0.29) is 24.3 Å². The number of primary amides is 1. The smallest absolute Gasteiger partial charge is 0.326 e. The van der Waals surface area contributed by atoms with Crippen LogP contribution in [0.25, 0.3) is 0 Å². The highest BCUT2D eigenvalue weighted by atomic mass is 16.5. The summed E-state index contributed by atoms with van der Waals surface area (Å²) in [6.45, 7) is 0. The highest BCUT2D eigenvalue weighted by molar-refractivity contribution is 5.94. The van der Waals surface area contributed by atoms with E-state index in [0.29, 0.717) is 16.9 Å². The largest absolute Gasteiger partial charge is 0.504 e. The Morgan fingerprint density at radius 2 is 1.67 bits per heavy atom. The average molecular weight is 456 g/mol. The van der Waals surface area contributed by atoms with Gasteiger partial charge in [-0.2, -0.15) is 0 Å². The molecule has 0 spiro atoms. The first-order valence-corrected chi connectivity index (χ1v) is 10.1. The van der Waals surface area contributed by atoms with Crippen LogP contribution in [0.2, 0.25) is 0 Å². The molecule has 2 aliphatic rings. The van der Waals surface area contributed by atoms with Gasteiger partial charge in [-0.25, -0.2) is 4.79 Å². The summed E-state index contributed by atoms with van der Waals surface area (Å²) in [7, 11) is 0. The van der Waals surface area contributed by atoms with Crippen LogP contribution >= 0.6 is 0 Å². The molecule has 2 heterocycles. The van der Waals surface area contributed by atoms with Crippen molar-refractivity contribution < 1.29 is 34.1 Å². The zero-order valence-corrected chi connectivity index (χ0v) is 17.5. The fraction of sp³-hybridized carbons (Fsp3) is 0.273. The summed E-state index contributed by atoms with van der Waals surface area (Å²) in [5.41, 5.74) is 12.3. The highest BCUT2D eigenvalue weighted by Crippen LogP contribution is 2.32. The molecule has 0 saturated carbocycles. The standard InChI is InChI=1S/C22H24N4O7/c23-14-7-12-3-6-17(27)18(9-12)33-13-4-1-11(2-5-13)8-16(22(31)32)26-21(30)15(10-19(24)28)25-20(14)29/h1-6,9,14-16,27H,7-8,10,23H2,(H2,24,28)(H,25,29)(H,26,30)(H,31,32)/t14-,15-,16+/m1/s1. The van der Waals surface area contributed by atoms with Gasteiger partial charge in [0.05, 0.1) is 12.5 Å². The number of carbonyl (C=O) groups is 4. The number of fused-ring (bicyclic) bond motifs is 10. The minimum absolute atomic E-state index is 0.0318. The second kappa shape index (κ2) is 10.0. The molecule has 33 heavy (non-hydrogen) atoms. The molecule has 11 nitrogen and oxygen atoms in total. The number of amides is 3. The van der Waals surface area contributed by atoms with Crippen molar-refractivity contribution >= 4 is 23.7 Å². The van der Waals surface area contributed by atoms with E-state index in [9.17, 15) is 29.4 Å². The lowest BCUT2D eigenvalue weighted by atomic mass is 10.0. The summed E-state index contributed by atoms with van der Waals surface area (Å²) in [5, 5.41) is 24.4. The molecule has 174 valence electrons. The highest BCUT2D eigenvalue weighted by Gasteiger charge is 2.29. The maximum absolute atomic E-state index is 12.7. The summed E-state index contributed by atoms with van der Waals surface area (Å²) < 4.78 is 5.71. The van der Waals surface area contributed by atoms with Crippen molar-refractivity contribution in [3.63, 3.8) is 0 Å². The van der Waals surface area contributed by atoms with E-state index < -0.39 is 48.2 Å². The van der Waals surface area contributed by atoms with Crippen molar-refractivity contribution in [3.8, 4) is 17.2 Å². The maximum atomic E-state index is 12.7. The lowest BCUT2D eigenvalue weighted by molar-refractivity contribution is -0.142. The zero-order chi connectivity index (χ0) is 24.1.